The Morgan fingerprint density at radius 3 is 1.85 bits per heavy atom. The average molecular weight is 1320 g/mol. The van der Waals surface area contributed by atoms with Crippen molar-refractivity contribution in [3.8, 4) is 0 Å². The lowest BCUT2D eigenvalue weighted by Crippen LogP contribution is -2.64. The highest BCUT2D eigenvalue weighted by molar-refractivity contribution is 6.00. The number of guanidine groups is 1. The van der Waals surface area contributed by atoms with Crippen LogP contribution in [-0.4, -0.2) is 308 Å². The summed E-state index contributed by atoms with van der Waals surface area (Å²) in [6.45, 7) is 8.38. The van der Waals surface area contributed by atoms with E-state index in [1.807, 2.05) is 24.3 Å². The Kier molecular flexibility index (Phi) is 31.0. The van der Waals surface area contributed by atoms with E-state index in [9.17, 15) is 88.5 Å². The minimum Gasteiger partial charge on any atom is -0.479 e. The van der Waals surface area contributed by atoms with Gasteiger partial charge in [0.2, 0.25) is 53.2 Å². The molecule has 5 aliphatic rings. The number of rotatable bonds is 24. The number of cyclic esters (lactones) is 1. The second-order valence-corrected chi connectivity index (χ2v) is 25.4. The first-order valence-corrected chi connectivity index (χ1v) is 32.5. The van der Waals surface area contributed by atoms with E-state index in [1.165, 1.54) is 16.7 Å². The van der Waals surface area contributed by atoms with Gasteiger partial charge in [-0.25, -0.2) is 19.4 Å². The molecule has 13 atom stereocenters. The summed E-state index contributed by atoms with van der Waals surface area (Å²) in [6.07, 6.45) is -2.82. The summed E-state index contributed by atoms with van der Waals surface area (Å²) in [7, 11) is 4.00. The molecule has 524 valence electrons. The highest BCUT2D eigenvalue weighted by atomic mass is 16.5. The van der Waals surface area contributed by atoms with Crippen LogP contribution in [0, 0.1) is 5.92 Å². The first kappa shape index (κ1) is 76.5. The maximum absolute atomic E-state index is 14.7. The number of aliphatic hydroxyl groups excluding tert-OH is 5. The van der Waals surface area contributed by atoms with E-state index in [0.29, 0.717) is 36.7 Å². The summed E-state index contributed by atoms with van der Waals surface area (Å²) >= 11 is 0. The van der Waals surface area contributed by atoms with Gasteiger partial charge in [-0.15, -0.1) is 0 Å². The molecule has 0 aromatic heterocycles. The van der Waals surface area contributed by atoms with E-state index < -0.39 is 164 Å². The number of nitrogens with zero attached hydrogens (tertiary/aromatic N) is 8. The van der Waals surface area contributed by atoms with Crippen molar-refractivity contribution in [1.29, 1.82) is 0 Å². The van der Waals surface area contributed by atoms with Crippen LogP contribution in [0.25, 0.3) is 0 Å². The zero-order valence-corrected chi connectivity index (χ0v) is 54.1. The quantitative estimate of drug-likeness (QED) is 0.0187. The summed E-state index contributed by atoms with van der Waals surface area (Å²) in [6, 6.07) is -15.0. The summed E-state index contributed by atoms with van der Waals surface area (Å²) in [5, 5.41) is 85.9. The third kappa shape index (κ3) is 23.1. The standard InChI is InChI=1S/C60H100N14O19/c1-35(2)16-11-9-7-6-8-10-12-17-37-32-43(78)66-44(36(3)76)56(87)73-24-15-20-41(73)55(86)72-23-14-19-40(72)51(82)64-38(18-13-22-62-60(61)63-34-71-30-28-70(29-31-71)27-26-69(4)5)50(81)67-45(48(79)57(88)89)52(83)65-39(33-75)54(85)74-25-21-42(77)47(74)53(84)68-46(59(92)93-37)49(80)58(90)91/h34-42,44-49,75-77,79-80H,6-33H2,1-5H3,(H2,61,62)(H,64,82)(H,65,83)(H,66,78)(H,67,81)(H,68,84)(H,88,89)(H,90,91)/b63-34+/t36-,37-,38+,39+,40+,41-,42+,44-,45-,46+,47+,48-,49+/m1/s1. The molecule has 33 nitrogen and oxygen atoms in total. The normalized spacial score (nSPS) is 27.8. The van der Waals surface area contributed by atoms with Crippen molar-refractivity contribution in [2.75, 3.05) is 86.1 Å². The summed E-state index contributed by atoms with van der Waals surface area (Å²) in [5.41, 5.74) is 6.14. The fourth-order valence-corrected chi connectivity index (χ4v) is 12.0. The van der Waals surface area contributed by atoms with Gasteiger partial charge in [-0.2, -0.15) is 0 Å². The molecule has 0 unspecified atom stereocenters. The van der Waals surface area contributed by atoms with Crippen molar-refractivity contribution < 1.29 is 93.2 Å². The second-order valence-electron chi connectivity index (χ2n) is 25.4. The number of nitrogens with one attached hydrogen (secondary N) is 5. The predicted molar refractivity (Wildman–Crippen MR) is 333 cm³/mol. The van der Waals surface area contributed by atoms with Gasteiger partial charge in [-0.05, 0) is 84.7 Å². The number of carbonyl (C=O) groups excluding carboxylic acids is 9. The fraction of sp³-hybridized carbons (Fsp3) is 0.783. The number of carboxylic acids is 2. The van der Waals surface area contributed by atoms with Crippen molar-refractivity contribution in [3.05, 3.63) is 0 Å². The number of likely N-dealkylation sites (N-methyl/N-ethyl adjacent to an activating group) is 1. The van der Waals surface area contributed by atoms with Crippen LogP contribution in [-0.2, 0) is 57.5 Å². The molecule has 5 heterocycles. The molecule has 33 heteroatoms. The first-order valence-electron chi connectivity index (χ1n) is 32.5. The van der Waals surface area contributed by atoms with Crippen molar-refractivity contribution in [1.82, 2.24) is 56.0 Å². The number of fused-ring (bicyclic) bond motifs is 3. The zero-order valence-electron chi connectivity index (χ0n) is 54.1. The summed E-state index contributed by atoms with van der Waals surface area (Å²) in [4.78, 5) is 172. The van der Waals surface area contributed by atoms with E-state index in [2.05, 4.69) is 54.9 Å². The van der Waals surface area contributed by atoms with Crippen LogP contribution in [0.5, 0.6) is 0 Å². The Morgan fingerprint density at radius 2 is 1.24 bits per heavy atom. The Morgan fingerprint density at radius 1 is 0.645 bits per heavy atom. The van der Waals surface area contributed by atoms with Gasteiger partial charge < -0.3 is 97.3 Å². The minimum atomic E-state index is -2.77. The van der Waals surface area contributed by atoms with E-state index in [4.69, 9.17) is 10.5 Å². The lowest BCUT2D eigenvalue weighted by atomic mass is 10.0. The van der Waals surface area contributed by atoms with Crippen LogP contribution < -0.4 is 32.3 Å². The first-order chi connectivity index (χ1) is 44.1. The number of nitrogens with two attached hydrogens (primary N) is 1. The van der Waals surface area contributed by atoms with Crippen molar-refractivity contribution in [3.63, 3.8) is 0 Å². The number of hydrogen-bond donors (Lipinski definition) is 13. The molecule has 5 fully saturated rings. The molecule has 8 amide bonds. The number of esters is 1. The van der Waals surface area contributed by atoms with Gasteiger partial charge in [0.15, 0.2) is 18.2 Å². The number of piperazine rings is 1. The molecule has 0 aromatic carbocycles. The topological polar surface area (TPSA) is 469 Å². The molecule has 5 aliphatic heterocycles. The second kappa shape index (κ2) is 37.7. The van der Waals surface area contributed by atoms with Gasteiger partial charge in [0.1, 0.15) is 48.4 Å². The molecule has 0 aromatic rings. The number of aliphatic carboxylic acids is 2. The highest BCUT2D eigenvalue weighted by Gasteiger charge is 2.49. The van der Waals surface area contributed by atoms with Gasteiger partial charge in [-0.3, -0.25) is 48.2 Å². The number of ether oxygens (including phenoxy) is 1. The van der Waals surface area contributed by atoms with Crippen LogP contribution in [0.2, 0.25) is 0 Å². The van der Waals surface area contributed by atoms with E-state index in [1.54, 1.807) is 6.34 Å². The number of carbonyl (C=O) groups is 11. The van der Waals surface area contributed by atoms with E-state index in [-0.39, 0.29) is 77.0 Å². The molecule has 93 heavy (non-hydrogen) atoms. The van der Waals surface area contributed by atoms with Crippen LogP contribution in [0.15, 0.2) is 9.98 Å². The lowest BCUT2D eigenvalue weighted by molar-refractivity contribution is -0.165. The molecule has 14 N–H and O–H groups in total. The summed E-state index contributed by atoms with van der Waals surface area (Å²) < 4.78 is 5.69. The van der Waals surface area contributed by atoms with Gasteiger partial charge >= 0.3 is 17.9 Å². The van der Waals surface area contributed by atoms with Crippen LogP contribution >= 0.6 is 0 Å². The van der Waals surface area contributed by atoms with Gasteiger partial charge in [0.25, 0.3) is 0 Å². The molecule has 0 aliphatic carbocycles. The van der Waals surface area contributed by atoms with Crippen molar-refractivity contribution in [2.24, 2.45) is 21.6 Å². The largest absolute Gasteiger partial charge is 0.479 e. The van der Waals surface area contributed by atoms with Crippen molar-refractivity contribution in [2.45, 2.75) is 209 Å². The molecule has 0 spiro atoms. The third-order valence-electron chi connectivity index (χ3n) is 17.4. The van der Waals surface area contributed by atoms with Gasteiger partial charge in [0.05, 0.1) is 31.6 Å². The number of aliphatic hydroxyl groups is 5. The fourth-order valence-electron chi connectivity index (χ4n) is 12.0. The number of unbranched alkanes of at least 4 members (excludes halogenated alkanes) is 6. The number of hydrogen-bond acceptors (Lipinski definition) is 20. The molecular formula is C60H100N14O19. The molecule has 5 rings (SSSR count). The summed E-state index contributed by atoms with van der Waals surface area (Å²) in [5.74, 6) is -14.3. The van der Waals surface area contributed by atoms with Crippen LogP contribution in [0.4, 0.5) is 0 Å². The molecule has 0 radical (unpaired) electrons. The maximum Gasteiger partial charge on any atom is 0.335 e. The smallest absolute Gasteiger partial charge is 0.335 e. The molecule has 0 saturated carbocycles. The SMILES string of the molecule is CC(C)CCCCCCCCC[C@@H]1CC(=O)N[C@H]([C@@H](C)O)C(=O)N2CCC[C@@H]2C(=O)N2CCC[C@H]2C(=O)N[C@@H](CCCN=C(N)/N=C/N2CCN(CCN(C)C)CC2)C(=O)N[C@H]([C@@H](O)C(=O)O)C(=O)N[C@@H](CO)C(=O)N2CC[C@H](O)[C@H]2C(=O)N[C@@H]([C@H](O)C(=O)O)C(=O)O1. The molecule has 0 bridgehead atoms. The number of aliphatic imine (C=N–C) groups is 2. The Hall–Kier alpha value is -7.17. The minimum absolute atomic E-state index is 0.00486. The predicted octanol–water partition coefficient (Wildman–Crippen LogP) is -4.60. The maximum atomic E-state index is 14.7. The lowest BCUT2D eigenvalue weighted by Gasteiger charge is -2.34. The van der Waals surface area contributed by atoms with Crippen LogP contribution in [0.1, 0.15) is 130 Å². The van der Waals surface area contributed by atoms with E-state index >= 15 is 0 Å². The van der Waals surface area contributed by atoms with E-state index in [0.717, 1.165) is 64.7 Å². The Balaban J connectivity index is 1.48. The number of carboxylic acid groups (broad SMARTS) is 2. The molecular weight excluding hydrogens is 1220 g/mol. The van der Waals surface area contributed by atoms with Gasteiger partial charge in [-0.1, -0.05) is 58.8 Å². The number of amides is 8. The van der Waals surface area contributed by atoms with Gasteiger partial charge in [0, 0.05) is 65.4 Å². The highest BCUT2D eigenvalue weighted by Crippen LogP contribution is 2.27. The van der Waals surface area contributed by atoms with Crippen molar-refractivity contribution >= 4 is 77.5 Å². The third-order valence-corrected chi connectivity index (χ3v) is 17.4. The average Bonchev–Trinajstić information content (AvgIpc) is 1.71. The van der Waals surface area contributed by atoms with Crippen LogP contribution in [0.3, 0.4) is 0 Å². The Labute approximate surface area is 541 Å². The Bertz CT molecular complexity index is 2620. The zero-order chi connectivity index (χ0) is 68.6. The molecule has 5 saturated heterocycles. The monoisotopic (exact) mass is 1320 g/mol.